The van der Waals surface area contributed by atoms with Crippen LogP contribution in [0.5, 0.6) is 0 Å². The van der Waals surface area contributed by atoms with Crippen molar-refractivity contribution in [3.05, 3.63) is 65.7 Å². The van der Waals surface area contributed by atoms with Crippen molar-refractivity contribution in [3.63, 3.8) is 0 Å². The van der Waals surface area contributed by atoms with Crippen LogP contribution < -0.4 is 15.8 Å². The van der Waals surface area contributed by atoms with E-state index < -0.39 is 158 Å². The summed E-state index contributed by atoms with van der Waals surface area (Å²) < 4.78 is 44.2. The summed E-state index contributed by atoms with van der Waals surface area (Å²) in [6, 6.07) is 13.0. The fraction of sp³-hybridized carbons (Fsp3) is 0.564. The van der Waals surface area contributed by atoms with Gasteiger partial charge in [0.05, 0.1) is 45.0 Å². The maximum absolute atomic E-state index is 11.8. The zero-order valence-corrected chi connectivity index (χ0v) is 36.7. The fourth-order valence-electron chi connectivity index (χ4n) is 6.11. The second kappa shape index (κ2) is 27.4. The molecule has 2 saturated heterocycles. The summed E-state index contributed by atoms with van der Waals surface area (Å²) in [6.07, 6.45) is -19.8. The van der Waals surface area contributed by atoms with Gasteiger partial charge in [0.2, 0.25) is 11.7 Å². The number of aldehydes is 1. The molecule has 18 N–H and O–H groups in total. The predicted molar refractivity (Wildman–Crippen MR) is 221 cm³/mol. The Balaban J connectivity index is 0.000000324. The zero-order valence-electron chi connectivity index (χ0n) is 35.8. The highest BCUT2D eigenvalue weighted by atomic mass is 32.2. The Morgan fingerprint density at radius 3 is 1.96 bits per heavy atom. The average Bonchev–Trinajstić information content (AvgIpc) is 3.72. The molecule has 2 aromatic rings. The molecule has 0 spiro atoms. The summed E-state index contributed by atoms with van der Waals surface area (Å²) in [7, 11) is -2.34. The largest absolute Gasteiger partial charge is 0.481 e. The number of carboxylic acids is 1. The number of aliphatic hydroxyl groups is 13. The van der Waals surface area contributed by atoms with E-state index in [0.717, 1.165) is 5.56 Å². The van der Waals surface area contributed by atoms with E-state index in [-0.39, 0.29) is 23.2 Å². The van der Waals surface area contributed by atoms with Crippen molar-refractivity contribution in [2.24, 2.45) is 5.73 Å². The number of esters is 1. The number of aliphatic carboxylic acids is 1. The Morgan fingerprint density at radius 2 is 1.46 bits per heavy atom. The van der Waals surface area contributed by atoms with Crippen LogP contribution in [0.2, 0.25) is 0 Å². The monoisotopic (exact) mass is 999 g/mol. The molecule has 2 fully saturated rings. The molecule has 15 atom stereocenters. The lowest BCUT2D eigenvalue weighted by atomic mass is 9.99. The molecule has 2 aromatic carbocycles. The number of hydrogen-bond donors (Lipinski definition) is 17. The number of carbonyl (C=O) groups excluding carboxylic acids is 4. The highest BCUT2D eigenvalue weighted by molar-refractivity contribution is 7.90. The highest BCUT2D eigenvalue weighted by Gasteiger charge is 2.58. The Kier molecular flexibility index (Phi) is 24.0. The van der Waals surface area contributed by atoms with Crippen LogP contribution in [-0.2, 0) is 54.6 Å². The molecule has 384 valence electrons. The van der Waals surface area contributed by atoms with Gasteiger partial charge in [0.25, 0.3) is 15.9 Å². The van der Waals surface area contributed by atoms with Crippen LogP contribution in [0.4, 0.5) is 0 Å². The molecule has 68 heavy (non-hydrogen) atoms. The first kappa shape index (κ1) is 59.4. The number of carboxylic acid groups (broad SMARTS) is 1. The van der Waals surface area contributed by atoms with Crippen LogP contribution >= 0.6 is 0 Å². The molecule has 0 aliphatic carbocycles. The Morgan fingerprint density at radius 1 is 0.868 bits per heavy atom. The first-order valence-electron chi connectivity index (χ1n) is 20.0. The summed E-state index contributed by atoms with van der Waals surface area (Å²) in [5.41, 5.74) is 6.51. The van der Waals surface area contributed by atoms with Gasteiger partial charge in [-0.3, -0.25) is 14.4 Å². The standard InChI is InChI=1S/C14H18N2O5.C12H22O11.C7H5NO3S.C6H12O6/c1-21-14(20)11(7-9-5-3-2-4-6-9)16-13(19)10(15)8-12(17)18;13-1-4-6(16)8(18)9(19)11(21-4)23-12(3-15)10(20)7(17)5(2-14)22-12;9-7-5-3-1-2-4-6(5)12(10,11)8-7;7-1-3(9)5(11)6(12)4(10)2-8/h2-6,10-11H,7-8,15H2,1H3,(H,16,19)(H,17,18);4-11,13-20H,1-3H2;1-4H,(H,8,9);1,3-6,8-12H,2H2/t10-,11-;4-,5-,6-,7-,8+,9-,10+,11-,12+;;3-,4+,5+,6+/m01.0/s1. The minimum atomic E-state index is -3.55. The van der Waals surface area contributed by atoms with Crippen molar-refractivity contribution in [3.8, 4) is 0 Å². The third kappa shape index (κ3) is 15.9. The van der Waals surface area contributed by atoms with Gasteiger partial charge < -0.3 is 106 Å². The SMILES string of the molecule is COC(=O)[C@H](Cc1ccccc1)NC(=O)[C@@H](N)CC(=O)O.O=C1NS(=O)(=O)c2ccccc21.O=C[C@H](O)[C@@H](O)[C@H](O)[C@H](O)CO.OC[C@H]1O[C@@](CO)(O[C@H]2O[C@H](CO)[C@@H](O)[C@H](O)[C@H]2O)[C@@H](O)[C@@H]1O. The molecule has 0 radical (unpaired) electrons. The van der Waals surface area contributed by atoms with Crippen LogP contribution in [-0.4, -0.2) is 235 Å². The van der Waals surface area contributed by atoms with E-state index >= 15 is 0 Å². The number of rotatable bonds is 17. The summed E-state index contributed by atoms with van der Waals surface area (Å²) in [6.45, 7) is -3.08. The molecule has 0 unspecified atom stereocenters. The third-order valence-electron chi connectivity index (χ3n) is 9.96. The normalized spacial score (nSPS) is 28.3. The highest BCUT2D eigenvalue weighted by Crippen LogP contribution is 2.36. The van der Waals surface area contributed by atoms with Gasteiger partial charge in [-0.25, -0.2) is 17.9 Å². The Labute approximate surface area is 386 Å². The van der Waals surface area contributed by atoms with Gasteiger partial charge in [-0.05, 0) is 17.7 Å². The molecule has 3 aliphatic heterocycles. The molecule has 0 saturated carbocycles. The van der Waals surface area contributed by atoms with E-state index in [1.54, 1.807) is 24.3 Å². The van der Waals surface area contributed by atoms with E-state index in [1.807, 2.05) is 22.9 Å². The number of aliphatic hydroxyl groups excluding tert-OH is 13. The first-order chi connectivity index (χ1) is 31.9. The lowest BCUT2D eigenvalue weighted by molar-refractivity contribution is -0.383. The number of amides is 2. The van der Waals surface area contributed by atoms with E-state index in [2.05, 4.69) is 10.1 Å². The van der Waals surface area contributed by atoms with Crippen molar-refractivity contribution in [2.45, 2.75) is 109 Å². The van der Waals surface area contributed by atoms with Gasteiger partial charge in [0.1, 0.15) is 84.7 Å². The zero-order chi connectivity index (χ0) is 51.7. The molecule has 0 bridgehead atoms. The van der Waals surface area contributed by atoms with Crippen LogP contribution in [0.15, 0.2) is 59.5 Å². The fourth-order valence-corrected chi connectivity index (χ4v) is 7.29. The van der Waals surface area contributed by atoms with Crippen LogP contribution in [0.25, 0.3) is 0 Å². The minimum absolute atomic E-state index is 0.0258. The van der Waals surface area contributed by atoms with Crippen molar-refractivity contribution in [2.75, 3.05) is 33.5 Å². The van der Waals surface area contributed by atoms with Crippen molar-refractivity contribution in [1.29, 1.82) is 0 Å². The molecule has 2 amide bonds. The maximum atomic E-state index is 11.8. The maximum Gasteiger partial charge on any atom is 0.328 e. The van der Waals surface area contributed by atoms with Crippen LogP contribution in [0, 0.1) is 0 Å². The van der Waals surface area contributed by atoms with Gasteiger partial charge in [-0.2, -0.15) is 0 Å². The van der Waals surface area contributed by atoms with Gasteiger partial charge in [0.15, 0.2) is 12.6 Å². The van der Waals surface area contributed by atoms with E-state index in [9.17, 15) is 63.0 Å². The molecular weight excluding hydrogens is 942 g/mol. The molecule has 3 aliphatic rings. The second-order valence-electron chi connectivity index (χ2n) is 14.8. The number of sulfonamides is 1. The molecule has 28 nitrogen and oxygen atoms in total. The number of fused-ring (bicyclic) bond motifs is 1. The number of hydrogen-bond acceptors (Lipinski definition) is 25. The number of carbonyl (C=O) groups is 5. The number of methoxy groups -OCH3 is 1. The molecule has 5 rings (SSSR count). The molecule has 0 aromatic heterocycles. The Bertz CT molecular complexity index is 2040. The number of nitrogens with two attached hydrogens (primary N) is 1. The van der Waals surface area contributed by atoms with Crippen molar-refractivity contribution in [1.82, 2.24) is 10.0 Å². The van der Waals surface area contributed by atoms with E-state index in [0.29, 0.717) is 0 Å². The lowest BCUT2D eigenvalue weighted by Crippen LogP contribution is -2.62. The van der Waals surface area contributed by atoms with Crippen molar-refractivity contribution < 1.29 is 123 Å². The minimum Gasteiger partial charge on any atom is -0.481 e. The number of benzene rings is 2. The van der Waals surface area contributed by atoms with Gasteiger partial charge in [-0.15, -0.1) is 0 Å². The number of ether oxygens (including phenoxy) is 4. The quantitative estimate of drug-likeness (QED) is 0.0517. The van der Waals surface area contributed by atoms with Crippen molar-refractivity contribution >= 4 is 40.1 Å². The molecular formula is C39H57N3O25S. The second-order valence-corrected chi connectivity index (χ2v) is 16.5. The average molecular weight is 1000 g/mol. The Hall–Kier alpha value is -4.74. The molecule has 3 heterocycles. The summed E-state index contributed by atoms with van der Waals surface area (Å²) in [5, 5.41) is 131. The van der Waals surface area contributed by atoms with E-state index in [4.69, 9.17) is 60.8 Å². The van der Waals surface area contributed by atoms with Gasteiger partial charge >= 0.3 is 11.9 Å². The smallest absolute Gasteiger partial charge is 0.328 e. The lowest BCUT2D eigenvalue weighted by Gasteiger charge is -2.43. The summed E-state index contributed by atoms with van der Waals surface area (Å²) in [4.78, 5) is 55.0. The van der Waals surface area contributed by atoms with Gasteiger partial charge in [-0.1, -0.05) is 42.5 Å². The van der Waals surface area contributed by atoms with E-state index in [1.165, 1.54) is 19.2 Å². The topological polar surface area (TPSA) is 490 Å². The first-order valence-corrected chi connectivity index (χ1v) is 21.5. The van der Waals surface area contributed by atoms with Crippen LogP contribution in [0.1, 0.15) is 22.3 Å². The third-order valence-corrected chi connectivity index (χ3v) is 11.3. The summed E-state index contributed by atoms with van der Waals surface area (Å²) in [5.74, 6) is -5.28. The number of nitrogens with one attached hydrogen (secondary N) is 2. The molecule has 29 heteroatoms. The predicted octanol–water partition coefficient (Wildman–Crippen LogP) is -8.97. The summed E-state index contributed by atoms with van der Waals surface area (Å²) >= 11 is 0. The van der Waals surface area contributed by atoms with Crippen LogP contribution in [0.3, 0.4) is 0 Å². The van der Waals surface area contributed by atoms with Gasteiger partial charge in [0, 0.05) is 6.42 Å².